The summed E-state index contributed by atoms with van der Waals surface area (Å²) in [6, 6.07) is 4.08. The minimum atomic E-state index is -0.939. The lowest BCUT2D eigenvalue weighted by atomic mass is 9.63. The molecule has 3 fully saturated rings. The van der Waals surface area contributed by atoms with Crippen LogP contribution in [0.15, 0.2) is 24.3 Å². The molecule has 256 valence electrons. The van der Waals surface area contributed by atoms with Gasteiger partial charge in [-0.25, -0.2) is 9.18 Å². The number of benzene rings is 1. The van der Waals surface area contributed by atoms with Crippen LogP contribution in [0.3, 0.4) is 0 Å². The van der Waals surface area contributed by atoms with Crippen molar-refractivity contribution in [1.82, 2.24) is 25.8 Å². The Kier molecular flexibility index (Phi) is 11.4. The molecule has 0 spiro atoms. The van der Waals surface area contributed by atoms with Crippen LogP contribution in [-0.4, -0.2) is 89.6 Å². The number of nitrogens with zero attached hydrogens (tertiary/aromatic N) is 2. The minimum absolute atomic E-state index is 0.0715. The summed E-state index contributed by atoms with van der Waals surface area (Å²) in [6.07, 6.45) is 6.12. The van der Waals surface area contributed by atoms with E-state index in [0.29, 0.717) is 38.0 Å². The fraction of sp³-hybridized carbons (Fsp3) is 0.714. The molecule has 11 heteroatoms. The van der Waals surface area contributed by atoms with E-state index < -0.39 is 35.1 Å². The van der Waals surface area contributed by atoms with Gasteiger partial charge in [0.1, 0.15) is 23.5 Å². The van der Waals surface area contributed by atoms with Gasteiger partial charge in [-0.1, -0.05) is 31.4 Å². The highest BCUT2D eigenvalue weighted by atomic mass is 19.1. The maximum atomic E-state index is 14.2. The predicted octanol–water partition coefficient (Wildman–Crippen LogP) is 4.17. The Labute approximate surface area is 273 Å². The second-order valence-electron chi connectivity index (χ2n) is 15.3. The highest BCUT2D eigenvalue weighted by Gasteiger charge is 2.49. The molecule has 10 nitrogen and oxygen atoms in total. The van der Waals surface area contributed by atoms with Gasteiger partial charge in [-0.15, -0.1) is 0 Å². The molecule has 1 aromatic carbocycles. The molecule has 0 radical (unpaired) electrons. The first-order valence-electron chi connectivity index (χ1n) is 16.9. The normalized spacial score (nSPS) is 21.7. The molecule has 46 heavy (non-hydrogen) atoms. The summed E-state index contributed by atoms with van der Waals surface area (Å²) in [5, 5.41) is 9.35. The first-order valence-corrected chi connectivity index (χ1v) is 16.9. The van der Waals surface area contributed by atoms with Crippen molar-refractivity contribution in [3.8, 4) is 0 Å². The summed E-state index contributed by atoms with van der Waals surface area (Å²) in [5.41, 5.74) is -0.933. The Hall–Kier alpha value is -3.21. The van der Waals surface area contributed by atoms with Gasteiger partial charge < -0.3 is 25.6 Å². The Morgan fingerprint density at radius 3 is 2.20 bits per heavy atom. The number of halogens is 1. The molecule has 4 amide bonds. The monoisotopic (exact) mass is 643 g/mol. The maximum Gasteiger partial charge on any atom is 0.411 e. The largest absolute Gasteiger partial charge is 0.444 e. The average molecular weight is 644 g/mol. The highest BCUT2D eigenvalue weighted by molar-refractivity contribution is 5.92. The Morgan fingerprint density at radius 2 is 1.61 bits per heavy atom. The van der Waals surface area contributed by atoms with Crippen molar-refractivity contribution >= 4 is 23.8 Å². The zero-order valence-corrected chi connectivity index (χ0v) is 28.5. The van der Waals surface area contributed by atoms with Gasteiger partial charge in [-0.2, -0.15) is 0 Å². The van der Waals surface area contributed by atoms with E-state index in [2.05, 4.69) is 16.0 Å². The zero-order chi connectivity index (χ0) is 33.7. The highest BCUT2D eigenvalue weighted by Crippen LogP contribution is 2.46. The lowest BCUT2D eigenvalue weighted by molar-refractivity contribution is -0.147. The van der Waals surface area contributed by atoms with Crippen molar-refractivity contribution < 1.29 is 28.3 Å². The van der Waals surface area contributed by atoms with E-state index in [1.54, 1.807) is 37.8 Å². The third-order valence-corrected chi connectivity index (χ3v) is 9.44. The van der Waals surface area contributed by atoms with Crippen molar-refractivity contribution in [3.05, 3.63) is 35.6 Å². The molecular weight excluding hydrogens is 589 g/mol. The number of carbonyl (C=O) groups excluding carboxylic acids is 4. The maximum absolute atomic E-state index is 14.2. The molecule has 1 saturated carbocycles. The van der Waals surface area contributed by atoms with Gasteiger partial charge in [0.15, 0.2) is 0 Å². The van der Waals surface area contributed by atoms with Crippen LogP contribution in [0.4, 0.5) is 9.18 Å². The summed E-state index contributed by atoms with van der Waals surface area (Å²) >= 11 is 0. The lowest BCUT2D eigenvalue weighted by Crippen LogP contribution is -2.63. The Bertz CT molecular complexity index is 1230. The fourth-order valence-electron chi connectivity index (χ4n) is 7.09. The fourth-order valence-corrected chi connectivity index (χ4v) is 7.09. The molecule has 1 aliphatic carbocycles. The van der Waals surface area contributed by atoms with Gasteiger partial charge in [-0.05, 0) is 90.8 Å². The van der Waals surface area contributed by atoms with Crippen LogP contribution in [0, 0.1) is 17.2 Å². The molecular formula is C35H54FN5O5. The topological polar surface area (TPSA) is 120 Å². The van der Waals surface area contributed by atoms with Crippen LogP contribution in [0.5, 0.6) is 0 Å². The minimum Gasteiger partial charge on any atom is -0.444 e. The lowest BCUT2D eigenvalue weighted by Gasteiger charge is -2.48. The van der Waals surface area contributed by atoms with Gasteiger partial charge >= 0.3 is 6.09 Å². The van der Waals surface area contributed by atoms with Gasteiger partial charge in [0.25, 0.3) is 0 Å². The summed E-state index contributed by atoms with van der Waals surface area (Å²) in [7, 11) is 0. The smallest absolute Gasteiger partial charge is 0.411 e. The van der Waals surface area contributed by atoms with E-state index in [1.807, 2.05) is 20.8 Å². The van der Waals surface area contributed by atoms with E-state index in [4.69, 9.17) is 4.74 Å². The summed E-state index contributed by atoms with van der Waals surface area (Å²) < 4.78 is 19.3. The zero-order valence-electron chi connectivity index (χ0n) is 28.5. The van der Waals surface area contributed by atoms with E-state index in [0.717, 1.165) is 25.7 Å². The SMILES string of the molecule is CC(C)(C)NC(=O)C1(C2CCCCC2)CCN(C(=O)[C@@H](Cc2ccc(F)cc2)NC(=O)[C@@H]2CNCCN2C(=O)OC(C)(C)C)CC1. The number of rotatable bonds is 7. The van der Waals surface area contributed by atoms with E-state index in [9.17, 15) is 23.6 Å². The Morgan fingerprint density at radius 1 is 0.978 bits per heavy atom. The Balaban J connectivity index is 1.53. The van der Waals surface area contributed by atoms with Crippen LogP contribution < -0.4 is 16.0 Å². The first kappa shape index (κ1) is 35.6. The number of nitrogens with one attached hydrogen (secondary N) is 3. The number of hydrogen-bond acceptors (Lipinski definition) is 6. The van der Waals surface area contributed by atoms with Gasteiger partial charge in [0, 0.05) is 44.7 Å². The molecule has 0 bridgehead atoms. The van der Waals surface area contributed by atoms with Crippen LogP contribution >= 0.6 is 0 Å². The molecule has 2 saturated heterocycles. The summed E-state index contributed by atoms with van der Waals surface area (Å²) in [6.45, 7) is 13.1. The van der Waals surface area contributed by atoms with E-state index in [1.165, 1.54) is 23.5 Å². The first-order chi connectivity index (χ1) is 21.6. The van der Waals surface area contributed by atoms with Gasteiger partial charge in [-0.3, -0.25) is 19.3 Å². The van der Waals surface area contributed by atoms with Crippen molar-refractivity contribution in [2.24, 2.45) is 11.3 Å². The quantitative estimate of drug-likeness (QED) is 0.411. The average Bonchev–Trinajstić information content (AvgIpc) is 3.00. The molecule has 2 heterocycles. The second-order valence-corrected chi connectivity index (χ2v) is 15.3. The van der Waals surface area contributed by atoms with Crippen LogP contribution in [0.2, 0.25) is 0 Å². The van der Waals surface area contributed by atoms with E-state index >= 15 is 0 Å². The molecule has 0 unspecified atom stereocenters. The summed E-state index contributed by atoms with van der Waals surface area (Å²) in [4.78, 5) is 58.0. The second kappa shape index (κ2) is 14.7. The predicted molar refractivity (Wildman–Crippen MR) is 174 cm³/mol. The third kappa shape index (κ3) is 9.20. The number of carbonyl (C=O) groups is 4. The number of piperazine rings is 1. The molecule has 3 N–H and O–H groups in total. The number of amides is 4. The summed E-state index contributed by atoms with van der Waals surface area (Å²) in [5.74, 6) is -0.758. The molecule has 3 aliphatic rings. The molecule has 0 aromatic heterocycles. The van der Waals surface area contributed by atoms with Gasteiger partial charge in [0.05, 0.1) is 5.41 Å². The number of piperidine rings is 1. The van der Waals surface area contributed by atoms with Crippen molar-refractivity contribution in [2.75, 3.05) is 32.7 Å². The van der Waals surface area contributed by atoms with Crippen LogP contribution in [0.1, 0.15) is 92.1 Å². The van der Waals surface area contributed by atoms with Crippen LogP contribution in [-0.2, 0) is 25.5 Å². The van der Waals surface area contributed by atoms with Crippen molar-refractivity contribution in [1.29, 1.82) is 0 Å². The standard InChI is InChI=1S/C35H54FN5O5/c1-33(2,3)39-31(44)35(25-10-8-7-9-11-25)16-19-40(20-17-35)30(43)27(22-24-12-14-26(36)15-13-24)38-29(42)28-23-37-18-21-41(28)32(45)46-34(4,5)6/h12-15,25,27-28,37H,7-11,16-23H2,1-6H3,(H,38,42)(H,39,44)/t27-,28+/m1/s1. The molecule has 2 aliphatic heterocycles. The third-order valence-electron chi connectivity index (χ3n) is 9.44. The molecule has 1 aromatic rings. The number of ether oxygens (including phenoxy) is 1. The number of hydrogen-bond donors (Lipinski definition) is 3. The molecule has 2 atom stereocenters. The van der Waals surface area contributed by atoms with Crippen molar-refractivity contribution in [3.63, 3.8) is 0 Å². The van der Waals surface area contributed by atoms with Crippen molar-refractivity contribution in [2.45, 2.75) is 116 Å². The van der Waals surface area contributed by atoms with E-state index in [-0.39, 0.29) is 48.6 Å². The molecule has 4 rings (SSSR count). The number of likely N-dealkylation sites (tertiary alicyclic amines) is 1. The van der Waals surface area contributed by atoms with Gasteiger partial charge in [0.2, 0.25) is 17.7 Å². The van der Waals surface area contributed by atoms with Crippen LogP contribution in [0.25, 0.3) is 0 Å².